The Balaban J connectivity index is 3.30. The molecule has 8 nitrogen and oxygen atoms in total. The number of hydrogen-bond acceptors (Lipinski definition) is 6. The Kier molecular flexibility index (Phi) is 15.3. The van der Waals surface area contributed by atoms with E-state index in [9.17, 15) is 14.4 Å². The lowest BCUT2D eigenvalue weighted by Crippen LogP contribution is -2.30. The topological polar surface area (TPSA) is 103 Å². The number of hydrogen-bond donors (Lipinski definition) is 2. The van der Waals surface area contributed by atoms with E-state index in [-0.39, 0.29) is 30.8 Å². The highest BCUT2D eigenvalue weighted by atomic mass is 16.5. The van der Waals surface area contributed by atoms with Gasteiger partial charge in [0.05, 0.1) is 19.8 Å². The van der Waals surface area contributed by atoms with Crippen molar-refractivity contribution < 1.29 is 28.6 Å². The molecule has 0 aliphatic rings. The minimum absolute atomic E-state index is 0.00364. The molecule has 0 spiro atoms. The fourth-order valence-corrected chi connectivity index (χ4v) is 1.62. The van der Waals surface area contributed by atoms with E-state index in [0.717, 1.165) is 0 Å². The first-order valence-electron chi connectivity index (χ1n) is 8.38. The van der Waals surface area contributed by atoms with Crippen molar-refractivity contribution in [3.05, 3.63) is 0 Å². The Bertz CT molecular complexity index is 362. The van der Waals surface area contributed by atoms with Gasteiger partial charge in [0.2, 0.25) is 11.8 Å². The van der Waals surface area contributed by atoms with Crippen LogP contribution < -0.4 is 10.6 Å². The summed E-state index contributed by atoms with van der Waals surface area (Å²) in [5.74, 6) is -0.175. The van der Waals surface area contributed by atoms with E-state index in [0.29, 0.717) is 58.8 Å². The minimum Gasteiger partial charge on any atom is -0.377 e. The molecule has 0 aromatic rings. The molecule has 0 saturated heterocycles. The van der Waals surface area contributed by atoms with Crippen LogP contribution in [0.3, 0.4) is 0 Å². The van der Waals surface area contributed by atoms with Crippen LogP contribution in [0.2, 0.25) is 0 Å². The normalized spacial score (nSPS) is 10.4. The molecular formula is C16H30N2O6. The molecule has 2 N–H and O–H groups in total. The Labute approximate surface area is 143 Å². The van der Waals surface area contributed by atoms with Crippen LogP contribution in [0, 0.1) is 0 Å². The molecular weight excluding hydrogens is 316 g/mol. The average molecular weight is 346 g/mol. The second-order valence-electron chi connectivity index (χ2n) is 5.00. The maximum atomic E-state index is 11.5. The molecule has 2 amide bonds. The smallest absolute Gasteiger partial charge is 0.246 e. The van der Waals surface area contributed by atoms with Crippen molar-refractivity contribution in [1.29, 1.82) is 0 Å². The number of rotatable bonds is 16. The van der Waals surface area contributed by atoms with Crippen molar-refractivity contribution in [2.75, 3.05) is 52.7 Å². The molecule has 0 aliphatic carbocycles. The molecule has 0 aliphatic heterocycles. The number of ketones is 1. The first-order valence-corrected chi connectivity index (χ1v) is 8.38. The summed E-state index contributed by atoms with van der Waals surface area (Å²) in [6.45, 7) is 6.22. The lowest BCUT2D eigenvalue weighted by atomic mass is 10.2. The maximum Gasteiger partial charge on any atom is 0.246 e. The highest BCUT2D eigenvalue weighted by Crippen LogP contribution is 1.91. The van der Waals surface area contributed by atoms with Gasteiger partial charge in [0.1, 0.15) is 13.2 Å². The third-order valence-corrected chi connectivity index (χ3v) is 2.92. The fraction of sp³-hybridized carbons (Fsp3) is 0.812. The number of nitrogens with one attached hydrogen (secondary N) is 2. The quantitative estimate of drug-likeness (QED) is 0.383. The summed E-state index contributed by atoms with van der Waals surface area (Å²) < 4.78 is 15.4. The predicted octanol–water partition coefficient (Wildman–Crippen LogP) is 0.0478. The van der Waals surface area contributed by atoms with Crippen LogP contribution in [0.1, 0.15) is 33.1 Å². The molecule has 0 heterocycles. The van der Waals surface area contributed by atoms with Gasteiger partial charge in [-0.15, -0.1) is 0 Å². The Morgan fingerprint density at radius 2 is 1.50 bits per heavy atom. The van der Waals surface area contributed by atoms with Gasteiger partial charge < -0.3 is 24.8 Å². The number of carbonyl (C=O) groups excluding carboxylic acids is 3. The molecule has 0 bridgehead atoms. The van der Waals surface area contributed by atoms with Crippen LogP contribution in [0.5, 0.6) is 0 Å². The van der Waals surface area contributed by atoms with E-state index in [1.165, 1.54) is 0 Å². The van der Waals surface area contributed by atoms with E-state index in [2.05, 4.69) is 10.6 Å². The third-order valence-electron chi connectivity index (χ3n) is 2.92. The summed E-state index contributed by atoms with van der Waals surface area (Å²) in [5.41, 5.74) is 0. The fourth-order valence-electron chi connectivity index (χ4n) is 1.62. The van der Waals surface area contributed by atoms with Gasteiger partial charge in [-0.2, -0.15) is 0 Å². The first kappa shape index (κ1) is 22.5. The van der Waals surface area contributed by atoms with Crippen LogP contribution in [0.4, 0.5) is 0 Å². The summed E-state index contributed by atoms with van der Waals surface area (Å²) in [7, 11) is 0. The van der Waals surface area contributed by atoms with Gasteiger partial charge in [-0.25, -0.2) is 0 Å². The molecule has 0 radical (unpaired) electrons. The number of carbonyl (C=O) groups is 3. The van der Waals surface area contributed by atoms with Crippen LogP contribution in [-0.2, 0) is 28.6 Å². The summed E-state index contributed by atoms with van der Waals surface area (Å²) in [6, 6.07) is 0. The van der Waals surface area contributed by atoms with Gasteiger partial charge in [0.25, 0.3) is 0 Å². The summed E-state index contributed by atoms with van der Waals surface area (Å²) in [4.78, 5) is 33.7. The van der Waals surface area contributed by atoms with Gasteiger partial charge >= 0.3 is 0 Å². The zero-order valence-electron chi connectivity index (χ0n) is 14.7. The van der Waals surface area contributed by atoms with Gasteiger partial charge in [0, 0.05) is 32.5 Å². The van der Waals surface area contributed by atoms with E-state index in [4.69, 9.17) is 14.2 Å². The zero-order chi connectivity index (χ0) is 18.0. The van der Waals surface area contributed by atoms with Crippen molar-refractivity contribution in [2.24, 2.45) is 0 Å². The Morgan fingerprint density at radius 1 is 0.792 bits per heavy atom. The highest BCUT2D eigenvalue weighted by molar-refractivity contribution is 5.79. The maximum absolute atomic E-state index is 11.5. The molecule has 8 heteroatoms. The first-order chi connectivity index (χ1) is 11.6. The average Bonchev–Trinajstić information content (AvgIpc) is 2.58. The second-order valence-corrected chi connectivity index (χ2v) is 5.00. The SMILES string of the molecule is CCOCC(=O)NCCOCCOCC(=O)CCCNC(=O)CC. The van der Waals surface area contributed by atoms with Gasteiger partial charge in [-0.05, 0) is 13.3 Å². The number of ether oxygens (including phenoxy) is 3. The molecule has 0 saturated carbocycles. The van der Waals surface area contributed by atoms with Gasteiger partial charge in [-0.1, -0.05) is 6.92 Å². The van der Waals surface area contributed by atoms with Crippen LogP contribution in [0.15, 0.2) is 0 Å². The van der Waals surface area contributed by atoms with Crippen molar-refractivity contribution >= 4 is 17.6 Å². The Hall–Kier alpha value is -1.51. The third kappa shape index (κ3) is 15.4. The molecule has 0 unspecified atom stereocenters. The van der Waals surface area contributed by atoms with E-state index in [1.54, 1.807) is 6.92 Å². The lowest BCUT2D eigenvalue weighted by Gasteiger charge is -2.07. The molecule has 24 heavy (non-hydrogen) atoms. The van der Waals surface area contributed by atoms with Gasteiger partial charge in [-0.3, -0.25) is 14.4 Å². The molecule has 0 fully saturated rings. The van der Waals surface area contributed by atoms with Crippen LogP contribution in [-0.4, -0.2) is 70.3 Å². The molecule has 0 atom stereocenters. The van der Waals surface area contributed by atoms with Gasteiger partial charge in [0.15, 0.2) is 5.78 Å². The molecule has 0 rings (SSSR count). The van der Waals surface area contributed by atoms with Crippen LogP contribution in [0.25, 0.3) is 0 Å². The zero-order valence-corrected chi connectivity index (χ0v) is 14.7. The number of amides is 2. The second kappa shape index (κ2) is 16.4. The van der Waals surface area contributed by atoms with Crippen molar-refractivity contribution in [3.63, 3.8) is 0 Å². The standard InChI is InChI=1S/C16H30N2O6/c1-3-15(20)17-7-5-6-14(19)12-24-11-10-23-9-8-18-16(21)13-22-4-2/h3-13H2,1-2H3,(H,17,20)(H,18,21). The van der Waals surface area contributed by atoms with Crippen LogP contribution >= 0.6 is 0 Å². The van der Waals surface area contributed by atoms with Crippen molar-refractivity contribution in [3.8, 4) is 0 Å². The number of Topliss-reactive ketones (excluding diaryl/α,β-unsaturated/α-hetero) is 1. The summed E-state index contributed by atoms with van der Waals surface area (Å²) in [5, 5.41) is 5.37. The molecule has 0 aromatic carbocycles. The molecule has 140 valence electrons. The monoisotopic (exact) mass is 346 g/mol. The largest absolute Gasteiger partial charge is 0.377 e. The predicted molar refractivity (Wildman–Crippen MR) is 88.7 cm³/mol. The van der Waals surface area contributed by atoms with Crippen molar-refractivity contribution in [1.82, 2.24) is 10.6 Å². The van der Waals surface area contributed by atoms with E-state index < -0.39 is 0 Å². The summed E-state index contributed by atoms with van der Waals surface area (Å²) >= 11 is 0. The van der Waals surface area contributed by atoms with Crippen molar-refractivity contribution in [2.45, 2.75) is 33.1 Å². The minimum atomic E-state index is -0.169. The molecule has 0 aromatic heterocycles. The van der Waals surface area contributed by atoms with E-state index in [1.807, 2.05) is 6.92 Å². The van der Waals surface area contributed by atoms with E-state index >= 15 is 0 Å². The Morgan fingerprint density at radius 3 is 2.21 bits per heavy atom. The lowest BCUT2D eigenvalue weighted by molar-refractivity contribution is -0.126. The summed E-state index contributed by atoms with van der Waals surface area (Å²) in [6.07, 6.45) is 1.45. The highest BCUT2D eigenvalue weighted by Gasteiger charge is 2.03.